The fraction of sp³-hybridized carbons (Fsp3) is 0.529. The molecule has 28 heavy (non-hydrogen) atoms. The van der Waals surface area contributed by atoms with Crippen molar-refractivity contribution >= 4 is 27.3 Å². The number of rotatable bonds is 9. The number of nitrogens with one attached hydrogen (secondary N) is 1. The fourth-order valence-corrected chi connectivity index (χ4v) is 5.07. The minimum atomic E-state index is -3.60. The van der Waals surface area contributed by atoms with Crippen molar-refractivity contribution in [1.82, 2.24) is 14.8 Å². The fourth-order valence-electron chi connectivity index (χ4n) is 2.69. The van der Waals surface area contributed by atoms with Crippen LogP contribution in [0, 0.1) is 0 Å². The molecule has 0 atom stereocenters. The van der Waals surface area contributed by atoms with Gasteiger partial charge in [0.05, 0.1) is 24.7 Å². The standard InChI is InChI=1S/C17H23N3O6S2/c1-2-25-17(21)13-12-14(26-19-13)15-4-5-16(27-15)28(22,23)18-6-3-7-20-8-10-24-11-9-20/h4-5,12,18H,2-3,6-11H2,1H3. The van der Waals surface area contributed by atoms with E-state index in [4.69, 9.17) is 14.0 Å². The molecule has 1 N–H and O–H groups in total. The van der Waals surface area contributed by atoms with Crippen molar-refractivity contribution in [2.75, 3.05) is 46.0 Å². The maximum atomic E-state index is 12.5. The Morgan fingerprint density at radius 2 is 2.14 bits per heavy atom. The van der Waals surface area contributed by atoms with E-state index in [0.29, 0.717) is 17.2 Å². The Morgan fingerprint density at radius 3 is 2.89 bits per heavy atom. The number of morpholine rings is 1. The first-order chi connectivity index (χ1) is 13.5. The number of ether oxygens (including phenoxy) is 2. The van der Waals surface area contributed by atoms with Crippen LogP contribution in [0.15, 0.2) is 26.9 Å². The molecule has 2 aromatic heterocycles. The van der Waals surface area contributed by atoms with Gasteiger partial charge in [-0.2, -0.15) is 0 Å². The molecule has 3 rings (SSSR count). The predicted octanol–water partition coefficient (Wildman–Crippen LogP) is 1.58. The first-order valence-electron chi connectivity index (χ1n) is 9.03. The summed E-state index contributed by atoms with van der Waals surface area (Å²) in [6.45, 7) is 6.34. The molecule has 1 saturated heterocycles. The zero-order valence-corrected chi connectivity index (χ0v) is 17.2. The van der Waals surface area contributed by atoms with Crippen LogP contribution < -0.4 is 4.72 Å². The van der Waals surface area contributed by atoms with Crippen molar-refractivity contribution < 1.29 is 27.2 Å². The monoisotopic (exact) mass is 429 g/mol. The first kappa shape index (κ1) is 20.9. The Balaban J connectivity index is 1.55. The molecule has 0 aromatic carbocycles. The summed E-state index contributed by atoms with van der Waals surface area (Å²) in [5.41, 5.74) is 0.0518. The van der Waals surface area contributed by atoms with Crippen LogP contribution in [0.2, 0.25) is 0 Å². The highest BCUT2D eigenvalue weighted by Gasteiger charge is 2.20. The topological polar surface area (TPSA) is 111 Å². The molecule has 3 heterocycles. The molecular weight excluding hydrogens is 406 g/mol. The van der Waals surface area contributed by atoms with E-state index in [2.05, 4.69) is 14.8 Å². The zero-order chi connectivity index (χ0) is 20.0. The zero-order valence-electron chi connectivity index (χ0n) is 15.5. The highest BCUT2D eigenvalue weighted by molar-refractivity contribution is 7.91. The third-order valence-electron chi connectivity index (χ3n) is 4.13. The van der Waals surface area contributed by atoms with Crippen LogP contribution in [0.25, 0.3) is 10.6 Å². The molecule has 0 spiro atoms. The van der Waals surface area contributed by atoms with E-state index in [-0.39, 0.29) is 16.5 Å². The lowest BCUT2D eigenvalue weighted by molar-refractivity contribution is 0.0376. The SMILES string of the molecule is CCOC(=O)c1cc(-c2ccc(S(=O)(=O)NCCCN3CCOCC3)s2)on1. The number of hydrogen-bond donors (Lipinski definition) is 1. The van der Waals surface area contributed by atoms with Crippen LogP contribution in [-0.4, -0.2) is 70.4 Å². The Bertz CT molecular complexity index is 886. The number of thiophene rings is 1. The second kappa shape index (κ2) is 9.61. The highest BCUT2D eigenvalue weighted by atomic mass is 32.2. The average Bonchev–Trinajstić information content (AvgIpc) is 3.36. The number of carbonyl (C=O) groups is 1. The largest absolute Gasteiger partial charge is 0.461 e. The summed E-state index contributed by atoms with van der Waals surface area (Å²) in [5.74, 6) is -0.259. The second-order valence-corrected chi connectivity index (χ2v) is 9.20. The van der Waals surface area contributed by atoms with E-state index in [1.54, 1.807) is 13.0 Å². The minimum absolute atomic E-state index is 0.0518. The van der Waals surface area contributed by atoms with E-state index in [1.165, 1.54) is 12.1 Å². The summed E-state index contributed by atoms with van der Waals surface area (Å²) in [6, 6.07) is 4.58. The van der Waals surface area contributed by atoms with Gasteiger partial charge in [-0.25, -0.2) is 17.9 Å². The maximum absolute atomic E-state index is 12.5. The van der Waals surface area contributed by atoms with Crippen LogP contribution >= 0.6 is 11.3 Å². The van der Waals surface area contributed by atoms with Gasteiger partial charge in [0.1, 0.15) is 4.21 Å². The average molecular weight is 430 g/mol. The summed E-state index contributed by atoms with van der Waals surface area (Å²) in [7, 11) is -3.60. The van der Waals surface area contributed by atoms with Crippen molar-refractivity contribution in [1.29, 1.82) is 0 Å². The Morgan fingerprint density at radius 1 is 1.36 bits per heavy atom. The van der Waals surface area contributed by atoms with Crippen molar-refractivity contribution in [2.45, 2.75) is 17.6 Å². The molecule has 0 radical (unpaired) electrons. The van der Waals surface area contributed by atoms with Crippen LogP contribution in [0.1, 0.15) is 23.8 Å². The molecule has 0 amide bonds. The predicted molar refractivity (Wildman–Crippen MR) is 103 cm³/mol. The molecule has 1 aliphatic rings. The van der Waals surface area contributed by atoms with E-state index in [9.17, 15) is 13.2 Å². The molecule has 1 aliphatic heterocycles. The highest BCUT2D eigenvalue weighted by Crippen LogP contribution is 2.31. The van der Waals surface area contributed by atoms with Gasteiger partial charge < -0.3 is 14.0 Å². The van der Waals surface area contributed by atoms with E-state index in [0.717, 1.165) is 50.6 Å². The lowest BCUT2D eigenvalue weighted by Gasteiger charge is -2.26. The molecule has 0 aliphatic carbocycles. The first-order valence-corrected chi connectivity index (χ1v) is 11.3. The number of esters is 1. The molecular formula is C17H23N3O6S2. The summed E-state index contributed by atoms with van der Waals surface area (Å²) in [4.78, 5) is 14.5. The van der Waals surface area contributed by atoms with Gasteiger partial charge in [0.2, 0.25) is 10.0 Å². The normalized spacial score (nSPS) is 15.6. The van der Waals surface area contributed by atoms with Gasteiger partial charge in [0, 0.05) is 25.7 Å². The van der Waals surface area contributed by atoms with Gasteiger partial charge in [-0.05, 0) is 32.0 Å². The minimum Gasteiger partial charge on any atom is -0.461 e. The molecule has 2 aromatic rings. The van der Waals surface area contributed by atoms with Crippen molar-refractivity contribution in [3.8, 4) is 10.6 Å². The van der Waals surface area contributed by atoms with Gasteiger partial charge in [-0.1, -0.05) is 5.16 Å². The Labute approximate surface area is 167 Å². The summed E-state index contributed by atoms with van der Waals surface area (Å²) >= 11 is 1.05. The van der Waals surface area contributed by atoms with Gasteiger partial charge in [0.15, 0.2) is 11.5 Å². The number of sulfonamides is 1. The van der Waals surface area contributed by atoms with Crippen LogP contribution in [-0.2, 0) is 19.5 Å². The number of aromatic nitrogens is 1. The van der Waals surface area contributed by atoms with E-state index >= 15 is 0 Å². The molecule has 9 nitrogen and oxygen atoms in total. The van der Waals surface area contributed by atoms with Crippen molar-refractivity contribution in [3.63, 3.8) is 0 Å². The summed E-state index contributed by atoms with van der Waals surface area (Å²) in [5, 5.41) is 3.67. The molecule has 1 fully saturated rings. The summed E-state index contributed by atoms with van der Waals surface area (Å²) in [6.07, 6.45) is 0.725. The molecule has 11 heteroatoms. The quantitative estimate of drug-likeness (QED) is 0.472. The number of nitrogens with zero attached hydrogens (tertiary/aromatic N) is 2. The van der Waals surface area contributed by atoms with Gasteiger partial charge >= 0.3 is 5.97 Å². The molecule has 154 valence electrons. The number of carbonyl (C=O) groups excluding carboxylic acids is 1. The lowest BCUT2D eigenvalue weighted by atomic mass is 10.3. The van der Waals surface area contributed by atoms with Gasteiger partial charge in [-0.3, -0.25) is 4.90 Å². The van der Waals surface area contributed by atoms with E-state index in [1.807, 2.05) is 0 Å². The Hall–Kier alpha value is -1.79. The maximum Gasteiger partial charge on any atom is 0.360 e. The van der Waals surface area contributed by atoms with Crippen LogP contribution in [0.4, 0.5) is 0 Å². The molecule has 0 bridgehead atoms. The van der Waals surface area contributed by atoms with Crippen molar-refractivity contribution in [3.05, 3.63) is 23.9 Å². The van der Waals surface area contributed by atoms with E-state index < -0.39 is 16.0 Å². The number of hydrogen-bond acceptors (Lipinski definition) is 9. The van der Waals surface area contributed by atoms with Crippen LogP contribution in [0.5, 0.6) is 0 Å². The van der Waals surface area contributed by atoms with Crippen LogP contribution in [0.3, 0.4) is 0 Å². The third-order valence-corrected chi connectivity index (χ3v) is 7.18. The van der Waals surface area contributed by atoms with Gasteiger partial charge in [-0.15, -0.1) is 11.3 Å². The Kier molecular flexibility index (Phi) is 7.18. The van der Waals surface area contributed by atoms with Gasteiger partial charge in [0.25, 0.3) is 0 Å². The third kappa shape index (κ3) is 5.39. The lowest BCUT2D eigenvalue weighted by Crippen LogP contribution is -2.38. The second-order valence-electron chi connectivity index (χ2n) is 6.12. The van der Waals surface area contributed by atoms with Crippen molar-refractivity contribution in [2.24, 2.45) is 0 Å². The molecule has 0 saturated carbocycles. The smallest absolute Gasteiger partial charge is 0.360 e. The molecule has 0 unspecified atom stereocenters. The summed E-state index contributed by atoms with van der Waals surface area (Å²) < 4.78 is 43.0.